The molecular formula is C16H27NO2S. The molecule has 3 atom stereocenters. The fraction of sp³-hybridized carbons (Fsp3) is 0.625. The molecule has 4 heteroatoms. The monoisotopic (exact) mass is 297 g/mol. The highest BCUT2D eigenvalue weighted by atomic mass is 32.2. The molecule has 0 radical (unpaired) electrons. The van der Waals surface area contributed by atoms with Crippen molar-refractivity contribution in [2.75, 3.05) is 26.0 Å². The third-order valence-electron chi connectivity index (χ3n) is 3.44. The van der Waals surface area contributed by atoms with Crippen molar-refractivity contribution >= 4 is 10.8 Å². The van der Waals surface area contributed by atoms with Crippen LogP contribution in [0.5, 0.6) is 0 Å². The molecule has 1 aromatic carbocycles. The van der Waals surface area contributed by atoms with Crippen molar-refractivity contribution in [3.05, 3.63) is 35.4 Å². The van der Waals surface area contributed by atoms with Gasteiger partial charge in [0, 0.05) is 36.3 Å². The van der Waals surface area contributed by atoms with Crippen molar-refractivity contribution in [1.29, 1.82) is 0 Å². The molecule has 0 bridgehead atoms. The van der Waals surface area contributed by atoms with E-state index >= 15 is 0 Å². The minimum atomic E-state index is -0.846. The van der Waals surface area contributed by atoms with E-state index in [4.69, 9.17) is 4.74 Å². The third-order valence-corrected chi connectivity index (χ3v) is 5.23. The third kappa shape index (κ3) is 5.35. The normalized spacial score (nSPS) is 15.8. The van der Waals surface area contributed by atoms with E-state index in [2.05, 4.69) is 50.4 Å². The van der Waals surface area contributed by atoms with E-state index in [9.17, 15) is 4.21 Å². The largest absolute Gasteiger partial charge is 0.385 e. The smallest absolute Gasteiger partial charge is 0.0514 e. The molecule has 20 heavy (non-hydrogen) atoms. The maximum atomic E-state index is 12.4. The molecule has 0 aromatic heterocycles. The van der Waals surface area contributed by atoms with Crippen LogP contribution in [-0.2, 0) is 15.5 Å². The number of ether oxygens (including phenoxy) is 1. The van der Waals surface area contributed by atoms with Gasteiger partial charge in [0.15, 0.2) is 0 Å². The van der Waals surface area contributed by atoms with Gasteiger partial charge in [-0.1, -0.05) is 36.8 Å². The lowest BCUT2D eigenvalue weighted by atomic mass is 10.0. The van der Waals surface area contributed by atoms with E-state index in [-0.39, 0.29) is 11.3 Å². The molecule has 0 aliphatic heterocycles. The highest BCUT2D eigenvalue weighted by Crippen LogP contribution is 2.21. The maximum absolute atomic E-state index is 12.4. The second-order valence-corrected chi connectivity index (χ2v) is 7.00. The fourth-order valence-electron chi connectivity index (χ4n) is 2.23. The van der Waals surface area contributed by atoms with E-state index in [1.165, 1.54) is 11.1 Å². The Morgan fingerprint density at radius 2 is 1.95 bits per heavy atom. The summed E-state index contributed by atoms with van der Waals surface area (Å²) in [5.41, 5.74) is 2.46. The zero-order valence-electron chi connectivity index (χ0n) is 13.0. The first kappa shape index (κ1) is 17.3. The van der Waals surface area contributed by atoms with Gasteiger partial charge in [-0.25, -0.2) is 0 Å². The highest BCUT2D eigenvalue weighted by Gasteiger charge is 2.23. The minimum Gasteiger partial charge on any atom is -0.385 e. The van der Waals surface area contributed by atoms with Gasteiger partial charge in [-0.2, -0.15) is 0 Å². The van der Waals surface area contributed by atoms with E-state index < -0.39 is 10.8 Å². The van der Waals surface area contributed by atoms with Crippen molar-refractivity contribution in [3.8, 4) is 0 Å². The molecule has 0 saturated heterocycles. The second-order valence-electron chi connectivity index (χ2n) is 5.08. The van der Waals surface area contributed by atoms with Gasteiger partial charge in [-0.15, -0.1) is 0 Å². The van der Waals surface area contributed by atoms with Gasteiger partial charge >= 0.3 is 0 Å². The zero-order valence-corrected chi connectivity index (χ0v) is 13.8. The topological polar surface area (TPSA) is 38.3 Å². The van der Waals surface area contributed by atoms with Crippen molar-refractivity contribution in [2.24, 2.45) is 0 Å². The van der Waals surface area contributed by atoms with Crippen LogP contribution in [0.4, 0.5) is 0 Å². The molecule has 0 aliphatic carbocycles. The molecule has 0 heterocycles. The summed E-state index contributed by atoms with van der Waals surface area (Å²) in [5.74, 6) is 0.697. The quantitative estimate of drug-likeness (QED) is 0.712. The number of hydrogen-bond donors (Lipinski definition) is 1. The molecule has 0 aliphatic rings. The molecule has 0 amide bonds. The maximum Gasteiger partial charge on any atom is 0.0514 e. The summed E-state index contributed by atoms with van der Waals surface area (Å²) in [5, 5.41) is 3.56. The minimum absolute atomic E-state index is 0.0921. The lowest BCUT2D eigenvalue weighted by molar-refractivity contribution is 0.200. The average molecular weight is 297 g/mol. The van der Waals surface area contributed by atoms with Gasteiger partial charge in [0.2, 0.25) is 0 Å². The van der Waals surface area contributed by atoms with Gasteiger partial charge in [-0.05, 0) is 32.4 Å². The summed E-state index contributed by atoms with van der Waals surface area (Å²) < 4.78 is 17.4. The lowest BCUT2D eigenvalue weighted by Gasteiger charge is -2.25. The predicted octanol–water partition coefficient (Wildman–Crippen LogP) is 2.82. The summed E-state index contributed by atoms with van der Waals surface area (Å²) in [6.45, 7) is 7.78. The number of rotatable bonds is 9. The summed E-state index contributed by atoms with van der Waals surface area (Å²) in [7, 11) is 0.834. The highest BCUT2D eigenvalue weighted by molar-refractivity contribution is 7.85. The van der Waals surface area contributed by atoms with Crippen molar-refractivity contribution in [2.45, 2.75) is 38.5 Å². The number of benzene rings is 1. The van der Waals surface area contributed by atoms with Gasteiger partial charge in [0.05, 0.1) is 5.25 Å². The summed E-state index contributed by atoms with van der Waals surface area (Å²) in [6.07, 6.45) is 0.847. The van der Waals surface area contributed by atoms with Crippen LogP contribution < -0.4 is 5.32 Å². The summed E-state index contributed by atoms with van der Waals surface area (Å²) in [4.78, 5) is 0. The van der Waals surface area contributed by atoms with Crippen molar-refractivity contribution < 1.29 is 8.95 Å². The molecule has 1 N–H and O–H groups in total. The molecule has 114 valence electrons. The molecule has 0 saturated carbocycles. The van der Waals surface area contributed by atoms with E-state index in [0.29, 0.717) is 12.4 Å². The van der Waals surface area contributed by atoms with E-state index in [0.717, 1.165) is 13.0 Å². The first-order chi connectivity index (χ1) is 9.60. The Balaban J connectivity index is 2.73. The fourth-order valence-corrected chi connectivity index (χ4v) is 3.56. The SMILES string of the molecule is CCNC(c1ccc(C)cc1)C(C)S(=O)CCCOC. The Hall–Kier alpha value is -0.710. The molecular weight excluding hydrogens is 270 g/mol. The molecule has 0 spiro atoms. The van der Waals surface area contributed by atoms with E-state index in [1.54, 1.807) is 7.11 Å². The Morgan fingerprint density at radius 3 is 2.50 bits per heavy atom. The first-order valence-corrected chi connectivity index (χ1v) is 8.64. The van der Waals surface area contributed by atoms with Crippen molar-refractivity contribution in [1.82, 2.24) is 5.32 Å². The second kappa shape index (κ2) is 9.27. The zero-order chi connectivity index (χ0) is 15.0. The Bertz CT molecular complexity index is 405. The van der Waals surface area contributed by atoms with Crippen LogP contribution in [0.2, 0.25) is 0 Å². The van der Waals surface area contributed by atoms with Crippen LogP contribution in [-0.4, -0.2) is 35.5 Å². The molecule has 1 aromatic rings. The molecule has 3 unspecified atom stereocenters. The first-order valence-electron chi connectivity index (χ1n) is 7.26. The van der Waals surface area contributed by atoms with E-state index in [1.807, 2.05) is 0 Å². The van der Waals surface area contributed by atoms with Crippen LogP contribution >= 0.6 is 0 Å². The van der Waals surface area contributed by atoms with Crippen LogP contribution in [0.3, 0.4) is 0 Å². The molecule has 0 fully saturated rings. The van der Waals surface area contributed by atoms with Crippen LogP contribution in [0.15, 0.2) is 24.3 Å². The van der Waals surface area contributed by atoms with Crippen LogP contribution in [0.1, 0.15) is 37.4 Å². The van der Waals surface area contributed by atoms with Gasteiger partial charge < -0.3 is 10.1 Å². The molecule has 3 nitrogen and oxygen atoms in total. The summed E-state index contributed by atoms with van der Waals surface area (Å²) in [6, 6.07) is 8.63. The Morgan fingerprint density at radius 1 is 1.30 bits per heavy atom. The lowest BCUT2D eigenvalue weighted by Crippen LogP contribution is -2.34. The average Bonchev–Trinajstić information content (AvgIpc) is 2.45. The Labute approximate surface area is 125 Å². The van der Waals surface area contributed by atoms with Crippen LogP contribution in [0, 0.1) is 6.92 Å². The number of nitrogens with one attached hydrogen (secondary N) is 1. The van der Waals surface area contributed by atoms with Gasteiger partial charge in [-0.3, -0.25) is 4.21 Å². The van der Waals surface area contributed by atoms with Crippen molar-refractivity contribution in [3.63, 3.8) is 0 Å². The van der Waals surface area contributed by atoms with Gasteiger partial charge in [0.1, 0.15) is 0 Å². The predicted molar refractivity (Wildman–Crippen MR) is 86.6 cm³/mol. The summed E-state index contributed by atoms with van der Waals surface area (Å²) >= 11 is 0. The molecule has 1 rings (SSSR count). The Kier molecular flexibility index (Phi) is 8.04. The number of hydrogen-bond acceptors (Lipinski definition) is 3. The number of aryl methyl sites for hydroxylation is 1. The standard InChI is InChI=1S/C16H27NO2S/c1-5-17-16(15-9-7-13(2)8-10-15)14(3)20(18)12-6-11-19-4/h7-10,14,16-17H,5-6,11-12H2,1-4H3. The van der Waals surface area contributed by atoms with Gasteiger partial charge in [0.25, 0.3) is 0 Å². The van der Waals surface area contributed by atoms with Crippen LogP contribution in [0.25, 0.3) is 0 Å². The number of methoxy groups -OCH3 is 1.